The predicted molar refractivity (Wildman–Crippen MR) is 115 cm³/mol. The second-order valence-electron chi connectivity index (χ2n) is 7.34. The van der Waals surface area contributed by atoms with Gasteiger partial charge in [0.25, 0.3) is 0 Å². The first-order valence-electron chi connectivity index (χ1n) is 9.89. The fourth-order valence-corrected chi connectivity index (χ4v) is 4.12. The Morgan fingerprint density at radius 1 is 1.14 bits per heavy atom. The molecule has 0 saturated heterocycles. The molecule has 1 amide bonds. The van der Waals surface area contributed by atoms with Crippen LogP contribution in [0.4, 0.5) is 5.82 Å². The highest BCUT2D eigenvalue weighted by atomic mass is 32.2. The molecule has 1 aromatic heterocycles. The number of carboxylic acid groups (broad SMARTS) is 1. The van der Waals surface area contributed by atoms with E-state index in [1.54, 1.807) is 18.0 Å². The summed E-state index contributed by atoms with van der Waals surface area (Å²) in [4.78, 5) is 29.5. The molecule has 1 aromatic carbocycles. The maximum atomic E-state index is 12.8. The summed E-state index contributed by atoms with van der Waals surface area (Å²) in [6.45, 7) is 0. The summed E-state index contributed by atoms with van der Waals surface area (Å²) in [6.07, 6.45) is 6.96. The van der Waals surface area contributed by atoms with Crippen molar-refractivity contribution in [1.82, 2.24) is 10.3 Å². The molecule has 6 nitrogen and oxygen atoms in total. The van der Waals surface area contributed by atoms with Gasteiger partial charge in [-0.3, -0.25) is 9.59 Å². The van der Waals surface area contributed by atoms with Gasteiger partial charge < -0.3 is 15.7 Å². The first-order chi connectivity index (χ1) is 14.0. The van der Waals surface area contributed by atoms with Crippen molar-refractivity contribution < 1.29 is 14.7 Å². The van der Waals surface area contributed by atoms with Crippen LogP contribution >= 0.6 is 11.8 Å². The van der Waals surface area contributed by atoms with Crippen molar-refractivity contribution in [3.05, 3.63) is 54.2 Å². The standard InChI is InChI=1S/C22H27N3O3S/c1-29-18-11-7-15(8-12-18)19(14-21(26)27)25-22(28)16-5-9-17(10-6-16)24-20-4-2-3-13-23-20/h2-4,7-8,11-13,16-17,19H,5-6,9-10,14H2,1H3,(H,23,24)(H,25,28)(H,26,27). The van der Waals surface area contributed by atoms with E-state index in [0.717, 1.165) is 42.0 Å². The van der Waals surface area contributed by atoms with Gasteiger partial charge in [0.05, 0.1) is 12.5 Å². The molecule has 3 rings (SSSR count). The average Bonchev–Trinajstić information content (AvgIpc) is 2.74. The van der Waals surface area contributed by atoms with Crippen LogP contribution in [0.25, 0.3) is 0 Å². The smallest absolute Gasteiger partial charge is 0.305 e. The van der Waals surface area contributed by atoms with Crippen LogP contribution in [0.5, 0.6) is 0 Å². The molecule has 1 aliphatic rings. The van der Waals surface area contributed by atoms with Crippen molar-refractivity contribution in [2.24, 2.45) is 5.92 Å². The Balaban J connectivity index is 1.56. The van der Waals surface area contributed by atoms with Crippen LogP contribution in [0.1, 0.15) is 43.7 Å². The zero-order valence-electron chi connectivity index (χ0n) is 16.5. The number of thioether (sulfide) groups is 1. The zero-order chi connectivity index (χ0) is 20.6. The number of amides is 1. The predicted octanol–water partition coefficient (Wildman–Crippen LogP) is 4.11. The fourth-order valence-electron chi connectivity index (χ4n) is 3.71. The first-order valence-corrected chi connectivity index (χ1v) is 11.1. The number of aliphatic carboxylic acids is 1. The number of pyridine rings is 1. The Morgan fingerprint density at radius 2 is 1.86 bits per heavy atom. The largest absolute Gasteiger partial charge is 0.481 e. The molecule has 1 aliphatic carbocycles. The molecule has 0 aliphatic heterocycles. The summed E-state index contributed by atoms with van der Waals surface area (Å²) in [5, 5.41) is 15.7. The Bertz CT molecular complexity index is 806. The molecule has 0 bridgehead atoms. The van der Waals surface area contributed by atoms with Crippen LogP contribution in [0, 0.1) is 5.92 Å². The van der Waals surface area contributed by atoms with E-state index >= 15 is 0 Å². The van der Waals surface area contributed by atoms with Crippen molar-refractivity contribution >= 4 is 29.5 Å². The minimum Gasteiger partial charge on any atom is -0.481 e. The summed E-state index contributed by atoms with van der Waals surface area (Å²) < 4.78 is 0. The van der Waals surface area contributed by atoms with Crippen molar-refractivity contribution in [2.75, 3.05) is 11.6 Å². The Labute approximate surface area is 175 Å². The number of nitrogens with one attached hydrogen (secondary N) is 2. The Hall–Kier alpha value is -2.54. The van der Waals surface area contributed by atoms with Crippen molar-refractivity contribution in [2.45, 2.75) is 49.1 Å². The van der Waals surface area contributed by atoms with Crippen LogP contribution in [0.15, 0.2) is 53.6 Å². The van der Waals surface area contributed by atoms with E-state index in [9.17, 15) is 14.7 Å². The molecule has 1 unspecified atom stereocenters. The van der Waals surface area contributed by atoms with E-state index < -0.39 is 12.0 Å². The zero-order valence-corrected chi connectivity index (χ0v) is 17.3. The highest BCUT2D eigenvalue weighted by molar-refractivity contribution is 7.98. The lowest BCUT2D eigenvalue weighted by atomic mass is 9.85. The molecule has 3 N–H and O–H groups in total. The molecule has 1 heterocycles. The fraction of sp³-hybridized carbons (Fsp3) is 0.409. The topological polar surface area (TPSA) is 91.3 Å². The lowest BCUT2D eigenvalue weighted by molar-refractivity contribution is -0.138. The lowest BCUT2D eigenvalue weighted by Gasteiger charge is -2.30. The third kappa shape index (κ3) is 6.22. The van der Waals surface area contributed by atoms with E-state index in [1.807, 2.05) is 48.7 Å². The van der Waals surface area contributed by atoms with Gasteiger partial charge in [-0.25, -0.2) is 4.98 Å². The molecule has 1 fully saturated rings. The van der Waals surface area contributed by atoms with E-state index in [-0.39, 0.29) is 18.2 Å². The highest BCUT2D eigenvalue weighted by Gasteiger charge is 2.28. The van der Waals surface area contributed by atoms with Crippen molar-refractivity contribution in [3.63, 3.8) is 0 Å². The molecular weight excluding hydrogens is 386 g/mol. The summed E-state index contributed by atoms with van der Waals surface area (Å²) in [7, 11) is 0. The number of anilines is 1. The van der Waals surface area contributed by atoms with Gasteiger partial charge in [0.2, 0.25) is 5.91 Å². The number of hydrogen-bond acceptors (Lipinski definition) is 5. The third-order valence-corrected chi connectivity index (χ3v) is 6.07. The van der Waals surface area contributed by atoms with E-state index in [2.05, 4.69) is 15.6 Å². The van der Waals surface area contributed by atoms with Gasteiger partial charge in [0, 0.05) is 23.1 Å². The minimum atomic E-state index is -0.924. The van der Waals surface area contributed by atoms with Crippen LogP contribution in [-0.4, -0.2) is 34.3 Å². The van der Waals surface area contributed by atoms with Gasteiger partial charge in [0.15, 0.2) is 0 Å². The summed E-state index contributed by atoms with van der Waals surface area (Å²) in [5.41, 5.74) is 0.823. The van der Waals surface area contributed by atoms with Gasteiger partial charge >= 0.3 is 5.97 Å². The van der Waals surface area contributed by atoms with Gasteiger partial charge in [-0.15, -0.1) is 11.8 Å². The monoisotopic (exact) mass is 413 g/mol. The van der Waals surface area contributed by atoms with Crippen molar-refractivity contribution in [1.29, 1.82) is 0 Å². The molecule has 1 atom stereocenters. The number of aromatic nitrogens is 1. The number of benzene rings is 1. The quantitative estimate of drug-likeness (QED) is 0.564. The molecule has 0 spiro atoms. The molecule has 29 heavy (non-hydrogen) atoms. The molecule has 0 radical (unpaired) electrons. The molecule has 2 aromatic rings. The van der Waals surface area contributed by atoms with Crippen molar-refractivity contribution in [3.8, 4) is 0 Å². The van der Waals surface area contributed by atoms with E-state index in [4.69, 9.17) is 0 Å². The number of carboxylic acids is 1. The molecule has 154 valence electrons. The van der Waals surface area contributed by atoms with Crippen LogP contribution in [0.3, 0.4) is 0 Å². The number of carbonyl (C=O) groups excluding carboxylic acids is 1. The normalized spacial score (nSPS) is 19.9. The van der Waals surface area contributed by atoms with Gasteiger partial charge in [0.1, 0.15) is 5.82 Å². The summed E-state index contributed by atoms with van der Waals surface area (Å²) in [6, 6.07) is 13.3. The van der Waals surface area contributed by atoms with E-state index in [1.165, 1.54) is 0 Å². The average molecular weight is 414 g/mol. The Kier molecular flexibility index (Phi) is 7.52. The summed E-state index contributed by atoms with van der Waals surface area (Å²) >= 11 is 1.63. The maximum absolute atomic E-state index is 12.8. The second kappa shape index (κ2) is 10.3. The number of hydrogen-bond donors (Lipinski definition) is 3. The summed E-state index contributed by atoms with van der Waals surface area (Å²) in [5.74, 6) is -0.205. The second-order valence-corrected chi connectivity index (χ2v) is 8.22. The number of nitrogens with zero attached hydrogens (tertiary/aromatic N) is 1. The van der Waals surface area contributed by atoms with Gasteiger partial charge in [-0.1, -0.05) is 18.2 Å². The van der Waals surface area contributed by atoms with E-state index in [0.29, 0.717) is 6.04 Å². The molecular formula is C22H27N3O3S. The first kappa shape index (κ1) is 21.2. The molecule has 1 saturated carbocycles. The van der Waals surface area contributed by atoms with Gasteiger partial charge in [-0.05, 0) is 61.8 Å². The third-order valence-electron chi connectivity index (χ3n) is 5.33. The minimum absolute atomic E-state index is 0.0542. The Morgan fingerprint density at radius 3 is 2.45 bits per heavy atom. The molecule has 7 heteroatoms. The number of rotatable bonds is 8. The highest BCUT2D eigenvalue weighted by Crippen LogP contribution is 2.28. The van der Waals surface area contributed by atoms with Crippen LogP contribution < -0.4 is 10.6 Å². The maximum Gasteiger partial charge on any atom is 0.305 e. The number of carbonyl (C=O) groups is 2. The van der Waals surface area contributed by atoms with Crippen LogP contribution in [0.2, 0.25) is 0 Å². The van der Waals surface area contributed by atoms with Crippen LogP contribution in [-0.2, 0) is 9.59 Å². The lowest BCUT2D eigenvalue weighted by Crippen LogP contribution is -2.38. The van der Waals surface area contributed by atoms with Gasteiger partial charge in [-0.2, -0.15) is 0 Å². The SMILES string of the molecule is CSc1ccc(C(CC(=O)O)NC(=O)C2CCC(Nc3ccccn3)CC2)cc1.